The zero-order valence-corrected chi connectivity index (χ0v) is 10.6. The van der Waals surface area contributed by atoms with E-state index in [1.54, 1.807) is 12.4 Å². The van der Waals surface area contributed by atoms with Gasteiger partial charge in [0.25, 0.3) is 0 Å². The number of ether oxygens (including phenoxy) is 1. The van der Waals surface area contributed by atoms with Crippen LogP contribution in [0.1, 0.15) is 29.9 Å². The lowest BCUT2D eigenvalue weighted by Crippen LogP contribution is -2.14. The lowest BCUT2D eigenvalue weighted by Gasteiger charge is -2.12. The topological polar surface area (TPSA) is 61.0 Å². The molecule has 2 rings (SSSR count). The van der Waals surface area contributed by atoms with Gasteiger partial charge in [-0.15, -0.1) is 0 Å². The number of nitrogens with two attached hydrogens (primary N) is 1. The summed E-state index contributed by atoms with van der Waals surface area (Å²) in [6.45, 7) is 4.50. The fraction of sp³-hybridized carbons (Fsp3) is 0.286. The molecule has 0 amide bonds. The molecule has 4 nitrogen and oxygen atoms in total. The van der Waals surface area contributed by atoms with E-state index in [0.717, 1.165) is 22.7 Å². The number of aryl methyl sites for hydroxylation is 1. The number of aromatic nitrogens is 2. The van der Waals surface area contributed by atoms with Crippen molar-refractivity contribution in [1.82, 2.24) is 9.97 Å². The summed E-state index contributed by atoms with van der Waals surface area (Å²) in [5.74, 6) is 0.825. The van der Waals surface area contributed by atoms with Gasteiger partial charge in [-0.2, -0.15) is 0 Å². The molecule has 94 valence electrons. The molecular weight excluding hydrogens is 226 g/mol. The summed E-state index contributed by atoms with van der Waals surface area (Å²) in [6.07, 6.45) is 3.44. The SMILES string of the molecule is CCOc1cccc(C(N)c2cnc(C)cn2)c1. The molecule has 0 bridgehead atoms. The molecule has 2 aromatic rings. The summed E-state index contributed by atoms with van der Waals surface area (Å²) < 4.78 is 5.46. The summed E-state index contributed by atoms with van der Waals surface area (Å²) in [5.41, 5.74) is 8.79. The predicted octanol–water partition coefficient (Wildman–Crippen LogP) is 2.23. The number of hydrogen-bond donors (Lipinski definition) is 1. The quantitative estimate of drug-likeness (QED) is 0.894. The Balaban J connectivity index is 2.24. The monoisotopic (exact) mass is 243 g/mol. The van der Waals surface area contributed by atoms with Gasteiger partial charge in [-0.25, -0.2) is 0 Å². The highest BCUT2D eigenvalue weighted by Crippen LogP contribution is 2.21. The predicted molar refractivity (Wildman–Crippen MR) is 70.4 cm³/mol. The second-order valence-corrected chi connectivity index (χ2v) is 4.07. The first-order valence-electron chi connectivity index (χ1n) is 5.97. The molecular formula is C14H17N3O. The molecule has 0 fully saturated rings. The molecule has 0 aliphatic heterocycles. The molecule has 18 heavy (non-hydrogen) atoms. The van der Waals surface area contributed by atoms with Gasteiger partial charge >= 0.3 is 0 Å². The molecule has 0 aliphatic carbocycles. The highest BCUT2D eigenvalue weighted by Gasteiger charge is 2.11. The van der Waals surface area contributed by atoms with Gasteiger partial charge in [-0.3, -0.25) is 9.97 Å². The van der Waals surface area contributed by atoms with Crippen molar-refractivity contribution in [2.75, 3.05) is 6.61 Å². The average Bonchev–Trinajstić information content (AvgIpc) is 2.39. The van der Waals surface area contributed by atoms with Crippen LogP contribution in [0.2, 0.25) is 0 Å². The lowest BCUT2D eigenvalue weighted by atomic mass is 10.0. The Morgan fingerprint density at radius 2 is 2.11 bits per heavy atom. The Morgan fingerprint density at radius 3 is 2.78 bits per heavy atom. The first kappa shape index (κ1) is 12.5. The average molecular weight is 243 g/mol. The number of benzene rings is 1. The maximum absolute atomic E-state index is 6.17. The van der Waals surface area contributed by atoms with Crippen LogP contribution in [-0.4, -0.2) is 16.6 Å². The Labute approximate surface area is 107 Å². The Morgan fingerprint density at radius 1 is 1.28 bits per heavy atom. The van der Waals surface area contributed by atoms with E-state index in [2.05, 4.69) is 9.97 Å². The van der Waals surface area contributed by atoms with Crippen molar-refractivity contribution < 1.29 is 4.74 Å². The first-order chi connectivity index (χ1) is 8.70. The number of nitrogens with zero attached hydrogens (tertiary/aromatic N) is 2. The zero-order valence-electron chi connectivity index (χ0n) is 10.6. The third-order valence-corrected chi connectivity index (χ3v) is 2.65. The van der Waals surface area contributed by atoms with Crippen molar-refractivity contribution in [2.45, 2.75) is 19.9 Å². The third kappa shape index (κ3) is 2.84. The van der Waals surface area contributed by atoms with Crippen LogP contribution in [0.3, 0.4) is 0 Å². The molecule has 1 heterocycles. The second kappa shape index (κ2) is 5.60. The second-order valence-electron chi connectivity index (χ2n) is 4.07. The Kier molecular flexibility index (Phi) is 3.89. The van der Waals surface area contributed by atoms with E-state index in [4.69, 9.17) is 10.5 Å². The molecule has 1 aromatic heterocycles. The molecule has 0 saturated heterocycles. The highest BCUT2D eigenvalue weighted by atomic mass is 16.5. The van der Waals surface area contributed by atoms with Crippen molar-refractivity contribution >= 4 is 0 Å². The third-order valence-electron chi connectivity index (χ3n) is 2.65. The summed E-state index contributed by atoms with van der Waals surface area (Å²) in [6, 6.07) is 7.48. The van der Waals surface area contributed by atoms with E-state index in [0.29, 0.717) is 6.61 Å². The van der Waals surface area contributed by atoms with Gasteiger partial charge < -0.3 is 10.5 Å². The van der Waals surface area contributed by atoms with Crippen molar-refractivity contribution in [3.63, 3.8) is 0 Å². The standard InChI is InChI=1S/C14H17N3O/c1-3-18-12-6-4-5-11(7-12)14(15)13-9-16-10(2)8-17-13/h4-9,14H,3,15H2,1-2H3. The molecule has 4 heteroatoms. The van der Waals surface area contributed by atoms with Gasteiger partial charge in [0.15, 0.2) is 0 Å². The fourth-order valence-electron chi connectivity index (χ4n) is 1.70. The highest BCUT2D eigenvalue weighted by molar-refractivity contribution is 5.33. The minimum Gasteiger partial charge on any atom is -0.494 e. The van der Waals surface area contributed by atoms with Gasteiger partial charge in [0.05, 0.1) is 30.2 Å². The summed E-state index contributed by atoms with van der Waals surface area (Å²) in [7, 11) is 0. The summed E-state index contributed by atoms with van der Waals surface area (Å²) in [5, 5.41) is 0. The van der Waals surface area contributed by atoms with E-state index in [1.807, 2.05) is 38.1 Å². The molecule has 0 spiro atoms. The van der Waals surface area contributed by atoms with Gasteiger partial charge in [0.2, 0.25) is 0 Å². The van der Waals surface area contributed by atoms with Crippen LogP contribution in [0.25, 0.3) is 0 Å². The van der Waals surface area contributed by atoms with Crippen LogP contribution in [0.5, 0.6) is 5.75 Å². The molecule has 1 unspecified atom stereocenters. The number of hydrogen-bond acceptors (Lipinski definition) is 4. The maximum Gasteiger partial charge on any atom is 0.119 e. The summed E-state index contributed by atoms with van der Waals surface area (Å²) >= 11 is 0. The van der Waals surface area contributed by atoms with Crippen molar-refractivity contribution in [3.05, 3.63) is 53.6 Å². The van der Waals surface area contributed by atoms with Crippen LogP contribution in [0, 0.1) is 6.92 Å². The van der Waals surface area contributed by atoms with E-state index in [1.165, 1.54) is 0 Å². The Bertz CT molecular complexity index is 511. The van der Waals surface area contributed by atoms with E-state index in [-0.39, 0.29) is 6.04 Å². The number of rotatable bonds is 4. The minimum absolute atomic E-state index is 0.279. The smallest absolute Gasteiger partial charge is 0.119 e. The van der Waals surface area contributed by atoms with Crippen molar-refractivity contribution in [2.24, 2.45) is 5.73 Å². The van der Waals surface area contributed by atoms with Crippen molar-refractivity contribution in [3.8, 4) is 5.75 Å². The van der Waals surface area contributed by atoms with Gasteiger partial charge in [-0.1, -0.05) is 12.1 Å². The van der Waals surface area contributed by atoms with E-state index >= 15 is 0 Å². The zero-order chi connectivity index (χ0) is 13.0. The van der Waals surface area contributed by atoms with E-state index < -0.39 is 0 Å². The molecule has 0 saturated carbocycles. The first-order valence-corrected chi connectivity index (χ1v) is 5.97. The van der Waals surface area contributed by atoms with Gasteiger partial charge in [0, 0.05) is 6.20 Å². The largest absolute Gasteiger partial charge is 0.494 e. The maximum atomic E-state index is 6.17. The van der Waals surface area contributed by atoms with E-state index in [9.17, 15) is 0 Å². The molecule has 0 radical (unpaired) electrons. The minimum atomic E-state index is -0.279. The van der Waals surface area contributed by atoms with Crippen LogP contribution in [-0.2, 0) is 0 Å². The fourth-order valence-corrected chi connectivity index (χ4v) is 1.70. The summed E-state index contributed by atoms with van der Waals surface area (Å²) in [4.78, 5) is 8.51. The lowest BCUT2D eigenvalue weighted by molar-refractivity contribution is 0.340. The van der Waals surface area contributed by atoms with Crippen LogP contribution < -0.4 is 10.5 Å². The van der Waals surface area contributed by atoms with Crippen molar-refractivity contribution in [1.29, 1.82) is 0 Å². The Hall–Kier alpha value is -1.94. The molecule has 1 atom stereocenters. The molecule has 0 aliphatic rings. The van der Waals surface area contributed by atoms with Crippen LogP contribution in [0.15, 0.2) is 36.7 Å². The normalized spacial score (nSPS) is 12.2. The van der Waals surface area contributed by atoms with Crippen LogP contribution in [0.4, 0.5) is 0 Å². The molecule has 2 N–H and O–H groups in total. The van der Waals surface area contributed by atoms with Gasteiger partial charge in [0.1, 0.15) is 5.75 Å². The molecule has 1 aromatic carbocycles. The van der Waals surface area contributed by atoms with Crippen LogP contribution >= 0.6 is 0 Å². The van der Waals surface area contributed by atoms with Gasteiger partial charge in [-0.05, 0) is 31.5 Å².